The van der Waals surface area contributed by atoms with Gasteiger partial charge in [-0.15, -0.1) is 0 Å². The predicted molar refractivity (Wildman–Crippen MR) is 60.0 cm³/mol. The van der Waals surface area contributed by atoms with Crippen molar-refractivity contribution < 1.29 is 13.9 Å². The summed E-state index contributed by atoms with van der Waals surface area (Å²) >= 11 is 3.39. The van der Waals surface area contributed by atoms with Crippen LogP contribution in [0.1, 0.15) is 15.9 Å². The summed E-state index contributed by atoms with van der Waals surface area (Å²) in [6.07, 6.45) is 1.42. The minimum atomic E-state index is -0.383. The number of carbonyl (C=O) groups is 1. The Morgan fingerprint density at radius 3 is 2.87 bits per heavy atom. The Morgan fingerprint density at radius 2 is 2.20 bits per heavy atom. The molecule has 0 N–H and O–H groups in total. The molecule has 15 heavy (non-hydrogen) atoms. The third-order valence-electron chi connectivity index (χ3n) is 2.18. The fraction of sp³-hybridized carbons (Fsp3) is 0.182. The molecule has 0 aliphatic heterocycles. The number of furan rings is 1. The van der Waals surface area contributed by atoms with E-state index < -0.39 is 0 Å². The van der Waals surface area contributed by atoms with Crippen LogP contribution in [-0.2, 0) is 4.74 Å². The molecule has 0 saturated heterocycles. The molecular weight excluding hydrogens is 260 g/mol. The SMILES string of the molecule is COC(=O)c1coc2c(Br)cc(C)cc12. The van der Waals surface area contributed by atoms with E-state index in [1.54, 1.807) is 0 Å². The van der Waals surface area contributed by atoms with E-state index in [2.05, 4.69) is 20.7 Å². The topological polar surface area (TPSA) is 39.4 Å². The number of fused-ring (bicyclic) bond motifs is 1. The van der Waals surface area contributed by atoms with Crippen molar-refractivity contribution in [3.8, 4) is 0 Å². The molecule has 1 aromatic heterocycles. The Labute approximate surface area is 95.1 Å². The summed E-state index contributed by atoms with van der Waals surface area (Å²) in [6, 6.07) is 3.84. The smallest absolute Gasteiger partial charge is 0.341 e. The number of ether oxygens (including phenoxy) is 1. The van der Waals surface area contributed by atoms with Crippen LogP contribution in [0.2, 0.25) is 0 Å². The van der Waals surface area contributed by atoms with E-state index >= 15 is 0 Å². The molecule has 1 aromatic carbocycles. The van der Waals surface area contributed by atoms with E-state index in [1.807, 2.05) is 19.1 Å². The fourth-order valence-electron chi connectivity index (χ4n) is 1.50. The molecular formula is C11H9BrO3. The number of esters is 1. The molecule has 0 amide bonds. The van der Waals surface area contributed by atoms with Crippen molar-refractivity contribution in [3.63, 3.8) is 0 Å². The highest BCUT2D eigenvalue weighted by molar-refractivity contribution is 9.10. The molecule has 0 atom stereocenters. The zero-order valence-corrected chi connectivity index (χ0v) is 9.92. The van der Waals surface area contributed by atoms with E-state index in [0.29, 0.717) is 11.1 Å². The maximum absolute atomic E-state index is 11.4. The van der Waals surface area contributed by atoms with Gasteiger partial charge in [0.1, 0.15) is 17.4 Å². The lowest BCUT2D eigenvalue weighted by Gasteiger charge is -1.98. The average molecular weight is 269 g/mol. The van der Waals surface area contributed by atoms with Crippen LogP contribution in [0.15, 0.2) is 27.3 Å². The van der Waals surface area contributed by atoms with Crippen molar-refractivity contribution in [2.75, 3.05) is 7.11 Å². The van der Waals surface area contributed by atoms with Crippen LogP contribution in [0.4, 0.5) is 0 Å². The number of aryl methyl sites for hydroxylation is 1. The molecule has 3 nitrogen and oxygen atoms in total. The second-order valence-corrected chi connectivity index (χ2v) is 4.12. The molecule has 2 aromatic rings. The first kappa shape index (κ1) is 10.2. The van der Waals surface area contributed by atoms with Gasteiger partial charge >= 0.3 is 5.97 Å². The summed E-state index contributed by atoms with van der Waals surface area (Å²) < 4.78 is 10.8. The van der Waals surface area contributed by atoms with Gasteiger partial charge in [-0.1, -0.05) is 0 Å². The van der Waals surface area contributed by atoms with Crippen LogP contribution in [0.25, 0.3) is 11.0 Å². The van der Waals surface area contributed by atoms with E-state index in [1.165, 1.54) is 13.4 Å². The number of halogens is 1. The molecule has 2 rings (SSSR count). The van der Waals surface area contributed by atoms with Crippen molar-refractivity contribution in [3.05, 3.63) is 34.0 Å². The number of methoxy groups -OCH3 is 1. The highest BCUT2D eigenvalue weighted by atomic mass is 79.9. The first-order chi connectivity index (χ1) is 7.13. The van der Waals surface area contributed by atoms with Crippen LogP contribution < -0.4 is 0 Å². The summed E-state index contributed by atoms with van der Waals surface area (Å²) in [5, 5.41) is 0.772. The molecule has 0 aliphatic carbocycles. The van der Waals surface area contributed by atoms with Gasteiger partial charge in [0.15, 0.2) is 0 Å². The van der Waals surface area contributed by atoms with Crippen LogP contribution in [-0.4, -0.2) is 13.1 Å². The molecule has 0 spiro atoms. The van der Waals surface area contributed by atoms with E-state index in [9.17, 15) is 4.79 Å². The molecule has 4 heteroatoms. The summed E-state index contributed by atoms with van der Waals surface area (Å²) in [4.78, 5) is 11.4. The lowest BCUT2D eigenvalue weighted by Crippen LogP contribution is -1.99. The monoisotopic (exact) mass is 268 g/mol. The lowest BCUT2D eigenvalue weighted by molar-refractivity contribution is 0.0602. The van der Waals surface area contributed by atoms with Crippen molar-refractivity contribution in [2.45, 2.75) is 6.92 Å². The molecule has 0 unspecified atom stereocenters. The Bertz CT molecular complexity index is 528. The highest BCUT2D eigenvalue weighted by Gasteiger charge is 2.15. The minimum absolute atomic E-state index is 0.383. The van der Waals surface area contributed by atoms with Gasteiger partial charge in [0.2, 0.25) is 0 Å². The number of benzene rings is 1. The quantitative estimate of drug-likeness (QED) is 0.746. The van der Waals surface area contributed by atoms with Gasteiger partial charge in [0.05, 0.1) is 11.6 Å². The zero-order chi connectivity index (χ0) is 11.0. The van der Waals surface area contributed by atoms with Gasteiger partial charge in [0, 0.05) is 5.39 Å². The molecule has 0 saturated carbocycles. The van der Waals surface area contributed by atoms with E-state index in [0.717, 1.165) is 15.4 Å². The van der Waals surface area contributed by atoms with Crippen molar-refractivity contribution >= 4 is 32.9 Å². The summed E-state index contributed by atoms with van der Waals surface area (Å²) in [6.45, 7) is 1.96. The summed E-state index contributed by atoms with van der Waals surface area (Å²) in [5.74, 6) is -0.383. The standard InChI is InChI=1S/C11H9BrO3/c1-6-3-7-8(11(13)14-2)5-15-10(7)9(12)4-6/h3-5H,1-2H3. The van der Waals surface area contributed by atoms with Gasteiger partial charge in [-0.3, -0.25) is 0 Å². The minimum Gasteiger partial charge on any atom is -0.465 e. The first-order valence-electron chi connectivity index (χ1n) is 4.39. The maximum Gasteiger partial charge on any atom is 0.341 e. The van der Waals surface area contributed by atoms with Crippen molar-refractivity contribution in [2.24, 2.45) is 0 Å². The van der Waals surface area contributed by atoms with Crippen LogP contribution >= 0.6 is 15.9 Å². The zero-order valence-electron chi connectivity index (χ0n) is 8.33. The number of hydrogen-bond acceptors (Lipinski definition) is 3. The predicted octanol–water partition coefficient (Wildman–Crippen LogP) is 3.29. The molecule has 1 heterocycles. The van der Waals surface area contributed by atoms with Gasteiger partial charge in [0.25, 0.3) is 0 Å². The second kappa shape index (κ2) is 3.70. The fourth-order valence-corrected chi connectivity index (χ4v) is 2.17. The van der Waals surface area contributed by atoms with Crippen molar-refractivity contribution in [1.29, 1.82) is 0 Å². The third kappa shape index (κ3) is 1.65. The summed E-state index contributed by atoms with van der Waals surface area (Å²) in [7, 11) is 1.35. The second-order valence-electron chi connectivity index (χ2n) is 3.26. The van der Waals surface area contributed by atoms with Crippen LogP contribution in [0.5, 0.6) is 0 Å². The molecule has 0 bridgehead atoms. The number of carbonyl (C=O) groups excluding carboxylic acids is 1. The molecule has 0 aliphatic rings. The normalized spacial score (nSPS) is 10.6. The van der Waals surface area contributed by atoms with Gasteiger partial charge < -0.3 is 9.15 Å². The number of hydrogen-bond donors (Lipinski definition) is 0. The maximum atomic E-state index is 11.4. The molecule has 78 valence electrons. The lowest BCUT2D eigenvalue weighted by atomic mass is 10.1. The number of rotatable bonds is 1. The summed E-state index contributed by atoms with van der Waals surface area (Å²) in [5.41, 5.74) is 2.18. The Hall–Kier alpha value is -1.29. The highest BCUT2D eigenvalue weighted by Crippen LogP contribution is 2.30. The Balaban J connectivity index is 2.74. The van der Waals surface area contributed by atoms with Gasteiger partial charge in [-0.25, -0.2) is 4.79 Å². The van der Waals surface area contributed by atoms with Crippen LogP contribution in [0.3, 0.4) is 0 Å². The molecule has 0 fully saturated rings. The third-order valence-corrected chi connectivity index (χ3v) is 2.77. The van der Waals surface area contributed by atoms with Crippen molar-refractivity contribution in [1.82, 2.24) is 0 Å². The molecule has 0 radical (unpaired) electrons. The Morgan fingerprint density at radius 1 is 1.47 bits per heavy atom. The largest absolute Gasteiger partial charge is 0.465 e. The van der Waals surface area contributed by atoms with E-state index in [4.69, 9.17) is 4.42 Å². The Kier molecular flexibility index (Phi) is 2.52. The van der Waals surface area contributed by atoms with Gasteiger partial charge in [-0.2, -0.15) is 0 Å². The van der Waals surface area contributed by atoms with Crippen LogP contribution in [0, 0.1) is 6.92 Å². The van der Waals surface area contributed by atoms with E-state index in [-0.39, 0.29) is 5.97 Å². The van der Waals surface area contributed by atoms with Gasteiger partial charge in [-0.05, 0) is 40.5 Å². The first-order valence-corrected chi connectivity index (χ1v) is 5.18. The average Bonchev–Trinajstić information content (AvgIpc) is 2.60.